The van der Waals surface area contributed by atoms with Crippen molar-refractivity contribution in [3.05, 3.63) is 54.7 Å². The molecule has 1 unspecified atom stereocenters. The molecule has 0 saturated carbocycles. The van der Waals surface area contributed by atoms with Gasteiger partial charge in [-0.1, -0.05) is 30.3 Å². The van der Waals surface area contributed by atoms with E-state index in [0.717, 1.165) is 16.5 Å². The van der Waals surface area contributed by atoms with Gasteiger partial charge >= 0.3 is 0 Å². The highest BCUT2D eigenvalue weighted by Crippen LogP contribution is 2.25. The number of fused-ring (bicyclic) bond motifs is 1. The normalized spacial score (nSPS) is 12.3. The number of carbonyl (C=O) groups excluding carboxylic acids is 1. The molecule has 0 fully saturated rings. The molecule has 0 aliphatic carbocycles. The third kappa shape index (κ3) is 1.74. The predicted octanol–water partition coefficient (Wildman–Crippen LogP) is 3.09. The molecule has 2 nitrogen and oxygen atoms in total. The van der Waals surface area contributed by atoms with Crippen molar-refractivity contribution in [2.75, 3.05) is 0 Å². The zero-order valence-corrected chi connectivity index (χ0v) is 9.18. The molecule has 0 spiro atoms. The quantitative estimate of drug-likeness (QED) is 0.730. The second-order valence-corrected chi connectivity index (χ2v) is 3.75. The number of ketones is 1. The summed E-state index contributed by atoms with van der Waals surface area (Å²) in [5, 5.41) is 1.05. The highest BCUT2D eigenvalue weighted by atomic mass is 16.1. The van der Waals surface area contributed by atoms with Gasteiger partial charge in [-0.3, -0.25) is 9.78 Å². The summed E-state index contributed by atoms with van der Waals surface area (Å²) < 4.78 is 0. The van der Waals surface area contributed by atoms with Gasteiger partial charge in [0.05, 0.1) is 11.4 Å². The maximum absolute atomic E-state index is 11.5. The van der Waals surface area contributed by atoms with E-state index in [1.165, 1.54) is 0 Å². The minimum Gasteiger partial charge on any atom is -0.299 e. The van der Waals surface area contributed by atoms with E-state index in [1.807, 2.05) is 30.3 Å². The fourth-order valence-corrected chi connectivity index (χ4v) is 1.89. The van der Waals surface area contributed by atoms with Gasteiger partial charge in [-0.15, -0.1) is 6.58 Å². The molecule has 1 atom stereocenters. The molecule has 2 aromatic rings. The molecule has 1 aromatic carbocycles. The Morgan fingerprint density at radius 2 is 2.12 bits per heavy atom. The molecule has 0 amide bonds. The third-order valence-electron chi connectivity index (χ3n) is 2.67. The second kappa shape index (κ2) is 4.27. The first kappa shape index (κ1) is 10.6. The van der Waals surface area contributed by atoms with E-state index in [-0.39, 0.29) is 11.7 Å². The van der Waals surface area contributed by atoms with E-state index in [0.29, 0.717) is 0 Å². The molecule has 16 heavy (non-hydrogen) atoms. The van der Waals surface area contributed by atoms with E-state index >= 15 is 0 Å². The molecular weight excluding hydrogens is 198 g/mol. The average molecular weight is 211 g/mol. The van der Waals surface area contributed by atoms with Crippen LogP contribution < -0.4 is 0 Å². The van der Waals surface area contributed by atoms with Crippen LogP contribution in [0.15, 0.2) is 49.2 Å². The second-order valence-electron chi connectivity index (χ2n) is 3.75. The van der Waals surface area contributed by atoms with Crippen LogP contribution in [0.1, 0.15) is 18.4 Å². The lowest BCUT2D eigenvalue weighted by molar-refractivity contribution is -0.117. The summed E-state index contributed by atoms with van der Waals surface area (Å²) in [6.45, 7) is 5.29. The third-order valence-corrected chi connectivity index (χ3v) is 2.67. The highest BCUT2D eigenvalue weighted by Gasteiger charge is 2.15. The van der Waals surface area contributed by atoms with Crippen molar-refractivity contribution in [3.63, 3.8) is 0 Å². The molecule has 0 aliphatic heterocycles. The number of allylic oxidation sites excluding steroid dienone is 1. The monoisotopic (exact) mass is 211 g/mol. The molecule has 0 aliphatic rings. The van der Waals surface area contributed by atoms with E-state index in [4.69, 9.17) is 0 Å². The summed E-state index contributed by atoms with van der Waals surface area (Å²) in [4.78, 5) is 15.9. The van der Waals surface area contributed by atoms with Crippen LogP contribution in [0.4, 0.5) is 0 Å². The fourth-order valence-electron chi connectivity index (χ4n) is 1.89. The number of rotatable bonds is 3. The van der Waals surface area contributed by atoms with E-state index < -0.39 is 0 Å². The molecule has 0 bridgehead atoms. The minimum absolute atomic E-state index is 0.0909. The average Bonchev–Trinajstić information content (AvgIpc) is 2.30. The number of benzene rings is 1. The van der Waals surface area contributed by atoms with Gasteiger partial charge in [-0.05, 0) is 18.6 Å². The van der Waals surface area contributed by atoms with Gasteiger partial charge in [0.25, 0.3) is 0 Å². The smallest absolute Gasteiger partial charge is 0.141 e. The summed E-state index contributed by atoms with van der Waals surface area (Å²) >= 11 is 0. The summed E-state index contributed by atoms with van der Waals surface area (Å²) in [7, 11) is 0. The Hall–Kier alpha value is -1.96. The molecule has 80 valence electrons. The van der Waals surface area contributed by atoms with Crippen molar-refractivity contribution in [3.8, 4) is 0 Å². The molecule has 1 aromatic heterocycles. The molecule has 2 rings (SSSR count). The first-order valence-electron chi connectivity index (χ1n) is 5.20. The molecular formula is C14H13NO. The Bertz CT molecular complexity index is 540. The Morgan fingerprint density at radius 3 is 2.81 bits per heavy atom. The number of hydrogen-bond acceptors (Lipinski definition) is 2. The maximum Gasteiger partial charge on any atom is 0.141 e. The molecule has 1 heterocycles. The zero-order chi connectivity index (χ0) is 11.5. The van der Waals surface area contributed by atoms with Crippen LogP contribution in [0.3, 0.4) is 0 Å². The first-order valence-corrected chi connectivity index (χ1v) is 5.20. The van der Waals surface area contributed by atoms with Crippen molar-refractivity contribution in [2.45, 2.75) is 12.8 Å². The SMILES string of the molecule is C=CC(C(C)=O)c1cccc2cccnc12. The Balaban J connectivity index is 2.68. The minimum atomic E-state index is -0.265. The molecule has 0 saturated heterocycles. The van der Waals surface area contributed by atoms with Crippen molar-refractivity contribution in [1.82, 2.24) is 4.98 Å². The fraction of sp³-hybridized carbons (Fsp3) is 0.143. The largest absolute Gasteiger partial charge is 0.299 e. The Morgan fingerprint density at radius 1 is 1.38 bits per heavy atom. The van der Waals surface area contributed by atoms with Crippen LogP contribution in [0, 0.1) is 0 Å². The van der Waals surface area contributed by atoms with Crippen LogP contribution in [0.25, 0.3) is 10.9 Å². The number of pyridine rings is 1. The van der Waals surface area contributed by atoms with Crippen LogP contribution in [-0.2, 0) is 4.79 Å². The van der Waals surface area contributed by atoms with Crippen molar-refractivity contribution in [2.24, 2.45) is 0 Å². The van der Waals surface area contributed by atoms with Gasteiger partial charge in [0, 0.05) is 11.6 Å². The number of carbonyl (C=O) groups is 1. The van der Waals surface area contributed by atoms with Crippen LogP contribution in [-0.4, -0.2) is 10.8 Å². The molecule has 0 N–H and O–H groups in total. The van der Waals surface area contributed by atoms with Crippen LogP contribution in [0.2, 0.25) is 0 Å². The van der Waals surface area contributed by atoms with Gasteiger partial charge in [0.2, 0.25) is 0 Å². The summed E-state index contributed by atoms with van der Waals surface area (Å²) in [6.07, 6.45) is 3.41. The lowest BCUT2D eigenvalue weighted by atomic mass is 9.93. The van der Waals surface area contributed by atoms with E-state index in [9.17, 15) is 4.79 Å². The topological polar surface area (TPSA) is 30.0 Å². The van der Waals surface area contributed by atoms with Gasteiger partial charge < -0.3 is 0 Å². The predicted molar refractivity (Wildman–Crippen MR) is 65.4 cm³/mol. The van der Waals surface area contributed by atoms with E-state index in [1.54, 1.807) is 19.2 Å². The number of Topliss-reactive ketones (excluding diaryl/α,β-unsaturated/α-hetero) is 1. The summed E-state index contributed by atoms with van der Waals surface area (Å²) in [5.41, 5.74) is 1.81. The molecule has 2 heteroatoms. The van der Waals surface area contributed by atoms with Crippen LogP contribution in [0.5, 0.6) is 0 Å². The highest BCUT2D eigenvalue weighted by molar-refractivity contribution is 5.92. The Labute approximate surface area is 94.6 Å². The zero-order valence-electron chi connectivity index (χ0n) is 9.18. The number of hydrogen-bond donors (Lipinski definition) is 0. The van der Waals surface area contributed by atoms with Crippen LogP contribution >= 0.6 is 0 Å². The van der Waals surface area contributed by atoms with Gasteiger partial charge in [0.15, 0.2) is 0 Å². The first-order chi connectivity index (χ1) is 7.74. The van der Waals surface area contributed by atoms with Gasteiger partial charge in [0.1, 0.15) is 5.78 Å². The van der Waals surface area contributed by atoms with Crippen molar-refractivity contribution < 1.29 is 4.79 Å². The van der Waals surface area contributed by atoms with Gasteiger partial charge in [-0.25, -0.2) is 0 Å². The maximum atomic E-state index is 11.5. The van der Waals surface area contributed by atoms with E-state index in [2.05, 4.69) is 11.6 Å². The summed E-state index contributed by atoms with van der Waals surface area (Å²) in [5.74, 6) is -0.174. The number of nitrogens with zero attached hydrogens (tertiary/aromatic N) is 1. The molecule has 0 radical (unpaired) electrons. The van der Waals surface area contributed by atoms with Crippen molar-refractivity contribution in [1.29, 1.82) is 0 Å². The van der Waals surface area contributed by atoms with Crippen molar-refractivity contribution >= 4 is 16.7 Å². The number of para-hydroxylation sites is 1. The van der Waals surface area contributed by atoms with Gasteiger partial charge in [-0.2, -0.15) is 0 Å². The number of aromatic nitrogens is 1. The summed E-state index contributed by atoms with van der Waals surface area (Å²) in [6, 6.07) is 9.75. The Kier molecular flexibility index (Phi) is 2.82. The standard InChI is InChI=1S/C14H13NO/c1-3-12(10(2)16)13-8-4-6-11-7-5-9-15-14(11)13/h3-9,12H,1H2,2H3. The lowest BCUT2D eigenvalue weighted by Gasteiger charge is -2.11. The lowest BCUT2D eigenvalue weighted by Crippen LogP contribution is -2.06.